The lowest BCUT2D eigenvalue weighted by atomic mass is 10.2. The zero-order valence-electron chi connectivity index (χ0n) is 11.1. The van der Waals surface area contributed by atoms with Gasteiger partial charge >= 0.3 is 5.97 Å². The molecule has 2 rings (SSSR count). The molecule has 0 spiro atoms. The first-order valence-electron chi connectivity index (χ1n) is 6.18. The molecule has 1 N–H and O–H groups in total. The van der Waals surface area contributed by atoms with Crippen molar-refractivity contribution >= 4 is 27.4 Å². The normalized spacial score (nSPS) is 10.5. The second-order valence-electron chi connectivity index (χ2n) is 3.91. The first-order chi connectivity index (χ1) is 9.58. The quantitative estimate of drug-likeness (QED) is 0.918. The molecule has 0 amide bonds. The van der Waals surface area contributed by atoms with Gasteiger partial charge in [0.05, 0.1) is 23.3 Å². The monoisotopic (exact) mass is 294 g/mol. The van der Waals surface area contributed by atoms with Crippen LogP contribution in [0.15, 0.2) is 23.0 Å². The van der Waals surface area contributed by atoms with Crippen LogP contribution in [0.2, 0.25) is 0 Å². The highest BCUT2D eigenvalue weighted by molar-refractivity contribution is 7.20. The lowest BCUT2D eigenvalue weighted by Crippen LogP contribution is -2.07. The van der Waals surface area contributed by atoms with Crippen LogP contribution in [-0.4, -0.2) is 24.3 Å². The maximum Gasteiger partial charge on any atom is 0.346 e. The Balaban J connectivity index is 2.81. The minimum absolute atomic E-state index is 0.0166. The van der Waals surface area contributed by atoms with E-state index in [-0.39, 0.29) is 10.3 Å². The maximum atomic E-state index is 12.2. The number of ether oxygens (including phenoxy) is 2. The van der Waals surface area contributed by atoms with E-state index in [4.69, 9.17) is 14.6 Å². The molecule has 0 aliphatic rings. The summed E-state index contributed by atoms with van der Waals surface area (Å²) in [6.07, 6.45) is 0. The summed E-state index contributed by atoms with van der Waals surface area (Å²) in [6.45, 7) is 4.50. The average molecular weight is 294 g/mol. The summed E-state index contributed by atoms with van der Waals surface area (Å²) >= 11 is 1.01. The molecule has 1 aromatic carbocycles. The molecule has 0 fully saturated rings. The molecule has 2 aromatic rings. The molecule has 0 atom stereocenters. The molecule has 0 saturated carbocycles. The summed E-state index contributed by atoms with van der Waals surface area (Å²) in [5.74, 6) is -0.182. The smallest absolute Gasteiger partial charge is 0.346 e. The fourth-order valence-electron chi connectivity index (χ4n) is 1.86. The number of hydrogen-bond acceptors (Lipinski definition) is 5. The van der Waals surface area contributed by atoms with Crippen LogP contribution in [0.5, 0.6) is 11.5 Å². The lowest BCUT2D eigenvalue weighted by molar-refractivity contribution is 0.0702. The van der Waals surface area contributed by atoms with Crippen LogP contribution in [-0.2, 0) is 0 Å². The van der Waals surface area contributed by atoms with Gasteiger partial charge in [0.25, 0.3) is 0 Å². The van der Waals surface area contributed by atoms with E-state index in [2.05, 4.69) is 0 Å². The molecule has 0 aliphatic heterocycles. The predicted molar refractivity (Wildman–Crippen MR) is 77.4 cm³/mol. The molecule has 5 nitrogen and oxygen atoms in total. The first-order valence-corrected chi connectivity index (χ1v) is 6.99. The van der Waals surface area contributed by atoms with Gasteiger partial charge in [-0.05, 0) is 26.0 Å². The minimum atomic E-state index is -1.13. The number of carboxylic acid groups (broad SMARTS) is 1. The molecular weight excluding hydrogens is 280 g/mol. The highest BCUT2D eigenvalue weighted by Crippen LogP contribution is 2.35. The Kier molecular flexibility index (Phi) is 4.24. The van der Waals surface area contributed by atoms with Crippen molar-refractivity contribution in [3.05, 3.63) is 33.3 Å². The number of rotatable bonds is 5. The van der Waals surface area contributed by atoms with Crippen LogP contribution < -0.4 is 14.9 Å². The molecule has 0 saturated heterocycles. The number of benzene rings is 1. The van der Waals surface area contributed by atoms with E-state index in [9.17, 15) is 9.59 Å². The Bertz CT molecular complexity index is 705. The van der Waals surface area contributed by atoms with Gasteiger partial charge < -0.3 is 14.6 Å². The summed E-state index contributed by atoms with van der Waals surface area (Å²) in [5, 5.41) is 9.43. The standard InChI is InChI=1S/C14H14O5S/c1-3-18-9-5-6-10(19-4-2)13-12(9)8(15)7-11(20-13)14(16)17/h5-7H,3-4H2,1-2H3,(H,16,17). The van der Waals surface area contributed by atoms with Crippen LogP contribution >= 0.6 is 11.3 Å². The summed E-state index contributed by atoms with van der Waals surface area (Å²) in [4.78, 5) is 23.2. The Morgan fingerprint density at radius 3 is 2.40 bits per heavy atom. The van der Waals surface area contributed by atoms with E-state index in [0.717, 1.165) is 17.4 Å². The van der Waals surface area contributed by atoms with Gasteiger partial charge in [0, 0.05) is 6.07 Å². The Hall–Kier alpha value is -2.08. The average Bonchev–Trinajstić information content (AvgIpc) is 2.41. The van der Waals surface area contributed by atoms with Crippen LogP contribution in [0.1, 0.15) is 23.5 Å². The summed E-state index contributed by atoms with van der Waals surface area (Å²) < 4.78 is 11.4. The maximum absolute atomic E-state index is 12.2. The van der Waals surface area contributed by atoms with Crippen molar-refractivity contribution in [2.75, 3.05) is 13.2 Å². The second-order valence-corrected chi connectivity index (χ2v) is 4.96. The van der Waals surface area contributed by atoms with E-state index in [1.165, 1.54) is 0 Å². The van der Waals surface area contributed by atoms with Crippen LogP contribution in [0, 0.1) is 0 Å². The summed E-state index contributed by atoms with van der Waals surface area (Å²) in [6, 6.07) is 4.48. The molecule has 0 aliphatic carbocycles. The highest BCUT2D eigenvalue weighted by Gasteiger charge is 2.16. The second kappa shape index (κ2) is 5.92. The molecule has 6 heteroatoms. The van der Waals surface area contributed by atoms with Gasteiger partial charge in [-0.25, -0.2) is 4.79 Å². The fourth-order valence-corrected chi connectivity index (χ4v) is 2.87. The van der Waals surface area contributed by atoms with Gasteiger partial charge in [-0.2, -0.15) is 0 Å². The van der Waals surface area contributed by atoms with Gasteiger partial charge in [0.1, 0.15) is 16.4 Å². The van der Waals surface area contributed by atoms with Crippen LogP contribution in [0.25, 0.3) is 10.1 Å². The SMILES string of the molecule is CCOc1ccc(OCC)c2c(=O)cc(C(=O)O)sc12. The third-order valence-corrected chi connectivity index (χ3v) is 3.74. The molecule has 0 unspecified atom stereocenters. The van der Waals surface area contributed by atoms with Crippen molar-refractivity contribution in [3.8, 4) is 11.5 Å². The molecule has 0 radical (unpaired) electrons. The number of hydrogen-bond donors (Lipinski definition) is 1. The van der Waals surface area contributed by atoms with Gasteiger partial charge in [-0.1, -0.05) is 0 Å². The van der Waals surface area contributed by atoms with Crippen molar-refractivity contribution in [2.24, 2.45) is 0 Å². The van der Waals surface area contributed by atoms with E-state index in [1.54, 1.807) is 12.1 Å². The van der Waals surface area contributed by atoms with Crippen molar-refractivity contribution in [1.82, 2.24) is 0 Å². The summed E-state index contributed by atoms with van der Waals surface area (Å²) in [5.41, 5.74) is -0.374. The van der Waals surface area contributed by atoms with Gasteiger partial charge in [0.15, 0.2) is 5.43 Å². The molecular formula is C14H14O5S. The van der Waals surface area contributed by atoms with Crippen LogP contribution in [0.3, 0.4) is 0 Å². The minimum Gasteiger partial charge on any atom is -0.493 e. The molecule has 1 aromatic heterocycles. The van der Waals surface area contributed by atoms with Crippen molar-refractivity contribution < 1.29 is 19.4 Å². The third-order valence-electron chi connectivity index (χ3n) is 2.61. The van der Waals surface area contributed by atoms with Crippen molar-refractivity contribution in [3.63, 3.8) is 0 Å². The first kappa shape index (κ1) is 14.3. The predicted octanol–water partition coefficient (Wildman–Crippen LogP) is 2.76. The number of aromatic carboxylic acids is 1. The fraction of sp³-hybridized carbons (Fsp3) is 0.286. The van der Waals surface area contributed by atoms with E-state index in [1.807, 2.05) is 13.8 Å². The van der Waals surface area contributed by atoms with Gasteiger partial charge in [-0.15, -0.1) is 11.3 Å². The molecule has 0 bridgehead atoms. The van der Waals surface area contributed by atoms with E-state index >= 15 is 0 Å². The number of carbonyl (C=O) groups is 1. The molecule has 1 heterocycles. The molecule has 106 valence electrons. The van der Waals surface area contributed by atoms with Gasteiger partial charge in [-0.3, -0.25) is 4.79 Å². The number of carboxylic acids is 1. The van der Waals surface area contributed by atoms with E-state index in [0.29, 0.717) is 34.8 Å². The third kappa shape index (κ3) is 2.60. The zero-order chi connectivity index (χ0) is 14.7. The van der Waals surface area contributed by atoms with Gasteiger partial charge in [0.2, 0.25) is 0 Å². The number of fused-ring (bicyclic) bond motifs is 1. The molecule has 20 heavy (non-hydrogen) atoms. The summed E-state index contributed by atoms with van der Waals surface area (Å²) in [7, 11) is 0. The Morgan fingerprint density at radius 1 is 1.20 bits per heavy atom. The lowest BCUT2D eigenvalue weighted by Gasteiger charge is -2.11. The Morgan fingerprint density at radius 2 is 1.80 bits per heavy atom. The van der Waals surface area contributed by atoms with Crippen molar-refractivity contribution in [2.45, 2.75) is 13.8 Å². The largest absolute Gasteiger partial charge is 0.493 e. The Labute approximate surface area is 119 Å². The topological polar surface area (TPSA) is 72.8 Å². The zero-order valence-corrected chi connectivity index (χ0v) is 12.0. The van der Waals surface area contributed by atoms with Crippen LogP contribution in [0.4, 0.5) is 0 Å². The van der Waals surface area contributed by atoms with E-state index < -0.39 is 5.97 Å². The van der Waals surface area contributed by atoms with Crippen molar-refractivity contribution in [1.29, 1.82) is 0 Å². The highest BCUT2D eigenvalue weighted by atomic mass is 32.1.